The molecule has 2 aromatic carbocycles. The van der Waals surface area contributed by atoms with E-state index in [1.54, 1.807) is 4.90 Å². The lowest BCUT2D eigenvalue weighted by Crippen LogP contribution is -2.53. The van der Waals surface area contributed by atoms with Crippen LogP contribution in [0.4, 0.5) is 5.69 Å². The van der Waals surface area contributed by atoms with Gasteiger partial charge in [0.15, 0.2) is 0 Å². The fourth-order valence-corrected chi connectivity index (χ4v) is 4.94. The van der Waals surface area contributed by atoms with Crippen molar-refractivity contribution in [1.29, 1.82) is 0 Å². The highest BCUT2D eigenvalue weighted by molar-refractivity contribution is 6.27. The van der Waals surface area contributed by atoms with Gasteiger partial charge < -0.3 is 4.90 Å². The Morgan fingerprint density at radius 1 is 1.00 bits per heavy atom. The summed E-state index contributed by atoms with van der Waals surface area (Å²) in [6.07, 6.45) is 2.84. The number of hydrogen-bond donors (Lipinski definition) is 1. The fraction of sp³-hybridized carbons (Fsp3) is 0.409. The van der Waals surface area contributed by atoms with Gasteiger partial charge in [0.05, 0.1) is 5.69 Å². The van der Waals surface area contributed by atoms with E-state index in [0.717, 1.165) is 42.4 Å². The van der Waals surface area contributed by atoms with Gasteiger partial charge in [-0.05, 0) is 68.4 Å². The molecule has 0 spiro atoms. The van der Waals surface area contributed by atoms with Crippen LogP contribution in [-0.4, -0.2) is 48.8 Å². The Labute approximate surface area is 163 Å². The van der Waals surface area contributed by atoms with E-state index in [0.29, 0.717) is 17.9 Å². The molecular formula is C22H23N3O3. The van der Waals surface area contributed by atoms with E-state index in [-0.39, 0.29) is 24.1 Å². The van der Waals surface area contributed by atoms with Gasteiger partial charge in [0.25, 0.3) is 5.91 Å². The highest BCUT2D eigenvalue weighted by atomic mass is 16.2. The van der Waals surface area contributed by atoms with Gasteiger partial charge in [-0.3, -0.25) is 24.6 Å². The molecule has 1 atom stereocenters. The quantitative estimate of drug-likeness (QED) is 0.816. The number of nitrogens with one attached hydrogen (secondary N) is 1. The van der Waals surface area contributed by atoms with E-state index in [9.17, 15) is 14.4 Å². The summed E-state index contributed by atoms with van der Waals surface area (Å²) in [5, 5.41) is 4.45. The highest BCUT2D eigenvalue weighted by Gasteiger charge is 2.41. The molecule has 2 saturated heterocycles. The van der Waals surface area contributed by atoms with Crippen molar-refractivity contribution in [3.63, 3.8) is 0 Å². The number of carbonyl (C=O) groups excluding carboxylic acids is 3. The van der Waals surface area contributed by atoms with E-state index >= 15 is 0 Å². The number of carbonyl (C=O) groups is 3. The Kier molecular flexibility index (Phi) is 3.98. The third kappa shape index (κ3) is 2.55. The van der Waals surface area contributed by atoms with Crippen LogP contribution in [-0.2, 0) is 9.59 Å². The topological polar surface area (TPSA) is 69.7 Å². The van der Waals surface area contributed by atoms with Crippen LogP contribution < -0.4 is 10.2 Å². The highest BCUT2D eigenvalue weighted by Crippen LogP contribution is 2.43. The van der Waals surface area contributed by atoms with E-state index in [2.05, 4.69) is 29.4 Å². The molecule has 2 fully saturated rings. The normalized spacial score (nSPS) is 23.5. The second-order valence-electron chi connectivity index (χ2n) is 8.12. The molecule has 3 aliphatic heterocycles. The summed E-state index contributed by atoms with van der Waals surface area (Å²) in [5.74, 6) is -0.311. The Morgan fingerprint density at radius 2 is 1.79 bits per heavy atom. The van der Waals surface area contributed by atoms with Gasteiger partial charge in [-0.25, -0.2) is 0 Å². The first-order chi connectivity index (χ1) is 13.5. The maximum absolute atomic E-state index is 13.2. The number of amides is 3. The molecule has 0 saturated carbocycles. The van der Waals surface area contributed by atoms with Crippen LogP contribution in [0.1, 0.15) is 47.5 Å². The summed E-state index contributed by atoms with van der Waals surface area (Å²) in [5.41, 5.74) is 2.75. The van der Waals surface area contributed by atoms with Crippen molar-refractivity contribution in [2.45, 2.75) is 37.6 Å². The Hall–Kier alpha value is -2.73. The summed E-state index contributed by atoms with van der Waals surface area (Å²) in [4.78, 5) is 41.1. The molecule has 6 heteroatoms. The fourth-order valence-electron chi connectivity index (χ4n) is 4.94. The number of hydrogen-bond acceptors (Lipinski definition) is 4. The molecular weight excluding hydrogens is 354 g/mol. The second-order valence-corrected chi connectivity index (χ2v) is 8.12. The SMILES string of the molecule is CN1CCC(c2ccc3c4c(cccc24)C(=O)N3C2CCC(=O)NC2=O)CC1. The van der Waals surface area contributed by atoms with Crippen LogP contribution in [0.5, 0.6) is 0 Å². The summed E-state index contributed by atoms with van der Waals surface area (Å²) in [7, 11) is 2.15. The minimum Gasteiger partial charge on any atom is -0.306 e. The molecule has 1 unspecified atom stereocenters. The number of rotatable bonds is 2. The molecule has 144 valence electrons. The van der Waals surface area contributed by atoms with Gasteiger partial charge in [0.2, 0.25) is 11.8 Å². The standard InChI is InChI=1S/C22H23N3O3/c1-24-11-9-13(10-12-24)14-5-6-17-20-15(14)3-2-4-16(20)22(28)25(17)18-7-8-19(26)23-21(18)27/h2-6,13,18H,7-12H2,1H3,(H,23,26,27). The van der Waals surface area contributed by atoms with Gasteiger partial charge in [-0.2, -0.15) is 0 Å². The van der Waals surface area contributed by atoms with Crippen molar-refractivity contribution in [2.24, 2.45) is 0 Å². The molecule has 3 amide bonds. The van der Waals surface area contributed by atoms with E-state index in [4.69, 9.17) is 0 Å². The molecule has 2 aromatic rings. The lowest BCUT2D eigenvalue weighted by Gasteiger charge is -2.31. The van der Waals surface area contributed by atoms with Crippen LogP contribution in [0.2, 0.25) is 0 Å². The number of imide groups is 1. The molecule has 3 aliphatic rings. The first-order valence-electron chi connectivity index (χ1n) is 9.96. The van der Waals surface area contributed by atoms with Crippen LogP contribution in [0, 0.1) is 0 Å². The zero-order valence-electron chi connectivity index (χ0n) is 15.9. The van der Waals surface area contributed by atoms with Crippen LogP contribution >= 0.6 is 0 Å². The number of likely N-dealkylation sites (tertiary alicyclic amines) is 1. The van der Waals surface area contributed by atoms with Crippen LogP contribution in [0.25, 0.3) is 10.8 Å². The minimum atomic E-state index is -0.630. The van der Waals surface area contributed by atoms with E-state index in [1.165, 1.54) is 5.56 Å². The Balaban J connectivity index is 1.59. The van der Waals surface area contributed by atoms with E-state index < -0.39 is 6.04 Å². The zero-order chi connectivity index (χ0) is 19.4. The number of benzene rings is 2. The summed E-state index contributed by atoms with van der Waals surface area (Å²) < 4.78 is 0. The third-order valence-corrected chi connectivity index (χ3v) is 6.44. The minimum absolute atomic E-state index is 0.143. The largest absolute Gasteiger partial charge is 0.306 e. The lowest BCUT2D eigenvalue weighted by atomic mass is 9.85. The predicted octanol–water partition coefficient (Wildman–Crippen LogP) is 2.41. The van der Waals surface area contributed by atoms with E-state index in [1.807, 2.05) is 18.2 Å². The van der Waals surface area contributed by atoms with Crippen molar-refractivity contribution in [2.75, 3.05) is 25.0 Å². The first kappa shape index (κ1) is 17.4. The van der Waals surface area contributed by atoms with Crippen molar-refractivity contribution in [3.8, 4) is 0 Å². The lowest BCUT2D eigenvalue weighted by molar-refractivity contribution is -0.134. The van der Waals surface area contributed by atoms with Crippen molar-refractivity contribution >= 4 is 34.2 Å². The zero-order valence-corrected chi connectivity index (χ0v) is 15.9. The van der Waals surface area contributed by atoms with Gasteiger partial charge in [0, 0.05) is 17.4 Å². The molecule has 0 radical (unpaired) electrons. The van der Waals surface area contributed by atoms with Crippen molar-refractivity contribution < 1.29 is 14.4 Å². The Bertz CT molecular complexity index is 1010. The molecule has 0 bridgehead atoms. The van der Waals surface area contributed by atoms with Gasteiger partial charge >= 0.3 is 0 Å². The average Bonchev–Trinajstić information content (AvgIpc) is 2.97. The number of nitrogens with zero attached hydrogens (tertiary/aromatic N) is 2. The smallest absolute Gasteiger partial charge is 0.259 e. The molecule has 6 nitrogen and oxygen atoms in total. The van der Waals surface area contributed by atoms with Gasteiger partial charge in [-0.15, -0.1) is 0 Å². The van der Waals surface area contributed by atoms with Gasteiger partial charge in [0.1, 0.15) is 6.04 Å². The molecule has 0 aromatic heterocycles. The molecule has 1 N–H and O–H groups in total. The maximum Gasteiger partial charge on any atom is 0.259 e. The van der Waals surface area contributed by atoms with Gasteiger partial charge in [-0.1, -0.05) is 18.2 Å². The van der Waals surface area contributed by atoms with Crippen LogP contribution in [0.3, 0.4) is 0 Å². The van der Waals surface area contributed by atoms with Crippen LogP contribution in [0.15, 0.2) is 30.3 Å². The Morgan fingerprint density at radius 3 is 2.54 bits per heavy atom. The molecule has 5 rings (SSSR count). The summed E-state index contributed by atoms with van der Waals surface area (Å²) in [6, 6.07) is 9.37. The molecule has 0 aliphatic carbocycles. The molecule has 28 heavy (non-hydrogen) atoms. The van der Waals surface area contributed by atoms with Crippen molar-refractivity contribution in [3.05, 3.63) is 41.5 Å². The third-order valence-electron chi connectivity index (χ3n) is 6.44. The summed E-state index contributed by atoms with van der Waals surface area (Å²) >= 11 is 0. The van der Waals surface area contributed by atoms with Crippen molar-refractivity contribution in [1.82, 2.24) is 10.2 Å². The second kappa shape index (κ2) is 6.41. The number of piperidine rings is 2. The monoisotopic (exact) mass is 377 g/mol. The predicted molar refractivity (Wildman–Crippen MR) is 106 cm³/mol. The maximum atomic E-state index is 13.2. The molecule has 3 heterocycles. The first-order valence-corrected chi connectivity index (χ1v) is 9.96. The number of anilines is 1. The average molecular weight is 377 g/mol. The summed E-state index contributed by atoms with van der Waals surface area (Å²) in [6.45, 7) is 2.16.